The monoisotopic (exact) mass is 358 g/mol. The summed E-state index contributed by atoms with van der Waals surface area (Å²) in [5, 5.41) is 10.1. The smallest absolute Gasteiger partial charge is 0.143 e. The fourth-order valence-electron chi connectivity index (χ4n) is 3.43. The first kappa shape index (κ1) is 19.1. The van der Waals surface area contributed by atoms with Crippen molar-refractivity contribution in [3.8, 4) is 0 Å². The number of aliphatic hydroxyl groups is 1. The van der Waals surface area contributed by atoms with Crippen LogP contribution in [0.5, 0.6) is 0 Å². The normalized spacial score (nSPS) is 12.5. The summed E-state index contributed by atoms with van der Waals surface area (Å²) in [6.07, 6.45) is 2.42. The van der Waals surface area contributed by atoms with Gasteiger partial charge in [0.1, 0.15) is 5.60 Å². The third-order valence-corrected chi connectivity index (χ3v) is 4.75. The fraction of sp³-hybridized carbons (Fsp3) is 0.200. The second-order valence-electron chi connectivity index (χ2n) is 6.59. The Morgan fingerprint density at radius 2 is 1.19 bits per heavy atom. The van der Waals surface area contributed by atoms with Crippen molar-refractivity contribution in [3.63, 3.8) is 0 Å². The first-order chi connectivity index (χ1) is 13.3. The van der Waals surface area contributed by atoms with Crippen LogP contribution in [0, 0.1) is 0 Å². The van der Waals surface area contributed by atoms with Crippen molar-refractivity contribution in [2.75, 3.05) is 6.61 Å². The van der Waals surface area contributed by atoms with Gasteiger partial charge >= 0.3 is 0 Å². The SMILES string of the molecule is C=CC[C@@H](O)CCOC(c1ccccc1)(c1ccccc1)c1ccccc1. The second-order valence-corrected chi connectivity index (χ2v) is 6.59. The Kier molecular flexibility index (Phi) is 6.59. The highest BCUT2D eigenvalue weighted by atomic mass is 16.5. The van der Waals surface area contributed by atoms with Crippen molar-refractivity contribution in [1.29, 1.82) is 0 Å². The molecule has 0 unspecified atom stereocenters. The third kappa shape index (κ3) is 4.36. The summed E-state index contributed by atoms with van der Waals surface area (Å²) >= 11 is 0. The highest BCUT2D eigenvalue weighted by Gasteiger charge is 2.37. The first-order valence-electron chi connectivity index (χ1n) is 9.37. The summed E-state index contributed by atoms with van der Waals surface area (Å²) in [6, 6.07) is 30.8. The molecule has 0 amide bonds. The Morgan fingerprint density at radius 3 is 1.56 bits per heavy atom. The molecule has 1 atom stereocenters. The predicted molar refractivity (Wildman–Crippen MR) is 111 cm³/mol. The summed E-state index contributed by atoms with van der Waals surface area (Å²) < 4.78 is 6.61. The van der Waals surface area contributed by atoms with Gasteiger partial charge in [0.15, 0.2) is 0 Å². The second kappa shape index (κ2) is 9.31. The van der Waals surface area contributed by atoms with E-state index in [2.05, 4.69) is 43.0 Å². The maximum atomic E-state index is 10.1. The predicted octanol–water partition coefficient (Wildman–Crippen LogP) is 5.32. The average molecular weight is 358 g/mol. The topological polar surface area (TPSA) is 29.5 Å². The molecule has 0 aliphatic rings. The van der Waals surface area contributed by atoms with E-state index in [9.17, 15) is 5.11 Å². The average Bonchev–Trinajstić information content (AvgIpc) is 2.73. The fourth-order valence-corrected chi connectivity index (χ4v) is 3.43. The molecule has 0 spiro atoms. The van der Waals surface area contributed by atoms with Gasteiger partial charge in [0.25, 0.3) is 0 Å². The molecule has 2 heteroatoms. The van der Waals surface area contributed by atoms with Gasteiger partial charge in [0, 0.05) is 0 Å². The van der Waals surface area contributed by atoms with Crippen LogP contribution in [0.2, 0.25) is 0 Å². The molecular formula is C25H26O2. The van der Waals surface area contributed by atoms with Crippen LogP contribution < -0.4 is 0 Å². The number of rotatable bonds is 9. The van der Waals surface area contributed by atoms with Gasteiger partial charge in [-0.15, -0.1) is 6.58 Å². The third-order valence-electron chi connectivity index (χ3n) is 4.75. The summed E-state index contributed by atoms with van der Waals surface area (Å²) in [5.41, 5.74) is 2.49. The van der Waals surface area contributed by atoms with E-state index in [1.807, 2.05) is 54.6 Å². The Morgan fingerprint density at radius 1 is 0.778 bits per heavy atom. The first-order valence-corrected chi connectivity index (χ1v) is 9.37. The van der Waals surface area contributed by atoms with Gasteiger partial charge in [0.2, 0.25) is 0 Å². The lowest BCUT2D eigenvalue weighted by molar-refractivity contribution is -0.00484. The maximum absolute atomic E-state index is 10.1. The van der Waals surface area contributed by atoms with Crippen LogP contribution in [0.25, 0.3) is 0 Å². The highest BCUT2D eigenvalue weighted by molar-refractivity contribution is 5.47. The van der Waals surface area contributed by atoms with E-state index in [1.165, 1.54) is 0 Å². The Labute approximate surface area is 161 Å². The molecule has 0 aromatic heterocycles. The van der Waals surface area contributed by atoms with Crippen molar-refractivity contribution in [2.24, 2.45) is 0 Å². The number of hydrogen-bond donors (Lipinski definition) is 1. The zero-order chi connectivity index (χ0) is 19.0. The molecule has 0 radical (unpaired) electrons. The molecule has 27 heavy (non-hydrogen) atoms. The van der Waals surface area contributed by atoms with Crippen LogP contribution in [0.1, 0.15) is 29.5 Å². The molecule has 0 heterocycles. The Bertz CT molecular complexity index is 716. The van der Waals surface area contributed by atoms with Gasteiger partial charge in [0.05, 0.1) is 12.7 Å². The van der Waals surface area contributed by atoms with Gasteiger partial charge < -0.3 is 9.84 Å². The van der Waals surface area contributed by atoms with Crippen molar-refractivity contribution in [3.05, 3.63) is 120 Å². The lowest BCUT2D eigenvalue weighted by Crippen LogP contribution is -2.34. The minimum absolute atomic E-state index is 0.438. The summed E-state index contributed by atoms with van der Waals surface area (Å²) in [5.74, 6) is 0. The van der Waals surface area contributed by atoms with Crippen molar-refractivity contribution < 1.29 is 9.84 Å². The number of hydrogen-bond acceptors (Lipinski definition) is 2. The molecule has 0 saturated carbocycles. The molecule has 0 aliphatic carbocycles. The van der Waals surface area contributed by atoms with E-state index in [0.717, 1.165) is 16.7 Å². The lowest BCUT2D eigenvalue weighted by Gasteiger charge is -2.36. The van der Waals surface area contributed by atoms with E-state index in [1.54, 1.807) is 6.08 Å². The molecule has 0 fully saturated rings. The molecule has 3 rings (SSSR count). The number of benzene rings is 3. The Balaban J connectivity index is 2.07. The molecule has 3 aromatic rings. The minimum Gasteiger partial charge on any atom is -0.393 e. The maximum Gasteiger partial charge on any atom is 0.143 e. The van der Waals surface area contributed by atoms with Crippen molar-refractivity contribution in [2.45, 2.75) is 24.5 Å². The van der Waals surface area contributed by atoms with Crippen molar-refractivity contribution >= 4 is 0 Å². The lowest BCUT2D eigenvalue weighted by atomic mass is 9.80. The van der Waals surface area contributed by atoms with Crippen LogP contribution in [0.3, 0.4) is 0 Å². The van der Waals surface area contributed by atoms with E-state index >= 15 is 0 Å². The van der Waals surface area contributed by atoms with Gasteiger partial charge in [-0.25, -0.2) is 0 Å². The zero-order valence-electron chi connectivity index (χ0n) is 15.5. The zero-order valence-corrected chi connectivity index (χ0v) is 15.5. The number of aliphatic hydroxyl groups excluding tert-OH is 1. The van der Waals surface area contributed by atoms with E-state index in [4.69, 9.17) is 4.74 Å². The van der Waals surface area contributed by atoms with E-state index < -0.39 is 11.7 Å². The molecule has 138 valence electrons. The summed E-state index contributed by atoms with van der Waals surface area (Å²) in [6.45, 7) is 4.14. The molecule has 2 nitrogen and oxygen atoms in total. The minimum atomic E-state index is -0.725. The number of ether oxygens (including phenoxy) is 1. The van der Waals surface area contributed by atoms with Crippen LogP contribution in [-0.2, 0) is 10.3 Å². The molecular weight excluding hydrogens is 332 g/mol. The largest absolute Gasteiger partial charge is 0.393 e. The molecule has 0 saturated heterocycles. The van der Waals surface area contributed by atoms with Gasteiger partial charge in [-0.2, -0.15) is 0 Å². The van der Waals surface area contributed by atoms with Crippen LogP contribution in [-0.4, -0.2) is 17.8 Å². The summed E-state index contributed by atoms with van der Waals surface area (Å²) in [4.78, 5) is 0. The van der Waals surface area contributed by atoms with Gasteiger partial charge in [-0.3, -0.25) is 0 Å². The molecule has 0 bridgehead atoms. The quantitative estimate of drug-likeness (QED) is 0.414. The van der Waals surface area contributed by atoms with Crippen LogP contribution in [0.15, 0.2) is 104 Å². The van der Waals surface area contributed by atoms with E-state index in [-0.39, 0.29) is 0 Å². The van der Waals surface area contributed by atoms with Crippen LogP contribution in [0.4, 0.5) is 0 Å². The Hall–Kier alpha value is -2.68. The standard InChI is InChI=1S/C25H26O2/c1-2-12-24(26)19-20-27-25(21-13-6-3-7-14-21,22-15-8-4-9-16-22)23-17-10-5-11-18-23/h2-11,13-18,24,26H,1,12,19-20H2/t24-/m1/s1. The van der Waals surface area contributed by atoms with E-state index in [0.29, 0.717) is 19.4 Å². The summed E-state index contributed by atoms with van der Waals surface area (Å²) in [7, 11) is 0. The van der Waals surface area contributed by atoms with Gasteiger partial charge in [-0.1, -0.05) is 97.1 Å². The van der Waals surface area contributed by atoms with Crippen molar-refractivity contribution in [1.82, 2.24) is 0 Å². The highest BCUT2D eigenvalue weighted by Crippen LogP contribution is 2.40. The van der Waals surface area contributed by atoms with Gasteiger partial charge in [-0.05, 0) is 29.5 Å². The molecule has 1 N–H and O–H groups in total. The molecule has 3 aromatic carbocycles. The van der Waals surface area contributed by atoms with Crippen LogP contribution >= 0.6 is 0 Å². The molecule has 0 aliphatic heterocycles.